The predicted molar refractivity (Wildman–Crippen MR) is 123 cm³/mol. The minimum Gasteiger partial charge on any atom is -0.245 e. The molecule has 0 radical (unpaired) electrons. The normalized spacial score (nSPS) is 10.6. The molecule has 2 aromatic carbocycles. The van der Waals surface area contributed by atoms with Crippen LogP contribution in [0, 0.1) is 10.7 Å². The summed E-state index contributed by atoms with van der Waals surface area (Å²) in [5.41, 5.74) is 3.51. The molecule has 138 valence electrons. The van der Waals surface area contributed by atoms with E-state index in [0.717, 1.165) is 21.6 Å². The molecule has 0 bridgehead atoms. The summed E-state index contributed by atoms with van der Waals surface area (Å²) in [6, 6.07) is 8.13. The summed E-state index contributed by atoms with van der Waals surface area (Å²) >= 11 is 29.8. The highest BCUT2D eigenvalue weighted by atomic mass is 35.5. The van der Waals surface area contributed by atoms with Gasteiger partial charge >= 0.3 is 0 Å². The number of benzene rings is 2. The van der Waals surface area contributed by atoms with Gasteiger partial charge in [0.2, 0.25) is 0 Å². The molecule has 11 heteroatoms. The first-order valence-electron chi connectivity index (χ1n) is 7.07. The molecular weight excluding hydrogens is 504 g/mol. The fourth-order valence-corrected chi connectivity index (χ4v) is 6.43. The van der Waals surface area contributed by atoms with E-state index < -0.39 is 0 Å². The number of fused-ring (bicyclic) bond motifs is 2. The smallest absolute Gasteiger partial charge is 0.152 e. The van der Waals surface area contributed by atoms with E-state index in [1.54, 1.807) is 11.3 Å². The minimum atomic E-state index is 0.212. The zero-order valence-corrected chi connectivity index (χ0v) is 19.4. The van der Waals surface area contributed by atoms with Gasteiger partial charge in [0.05, 0.1) is 45.6 Å². The van der Waals surface area contributed by atoms with Crippen LogP contribution in [-0.2, 0) is 0 Å². The summed E-state index contributed by atoms with van der Waals surface area (Å²) in [6.07, 6.45) is 0. The lowest BCUT2D eigenvalue weighted by molar-refractivity contribution is 1.31. The maximum absolute atomic E-state index is 8.45. The second-order valence-electron chi connectivity index (χ2n) is 4.73. The number of rotatable bonds is 3. The molecule has 0 fully saturated rings. The van der Waals surface area contributed by atoms with Gasteiger partial charge in [0.1, 0.15) is 10.9 Å². The Hall–Kier alpha value is -0.430. The first-order valence-corrected chi connectivity index (χ1v) is 12.2. The Morgan fingerprint density at radius 1 is 1.04 bits per heavy atom. The molecule has 2 heterocycles. The third-order valence-electron chi connectivity index (χ3n) is 3.14. The molecule has 0 spiro atoms. The van der Waals surface area contributed by atoms with Gasteiger partial charge in [-0.25, -0.2) is 9.97 Å². The molecule has 0 saturated carbocycles. The van der Waals surface area contributed by atoms with E-state index in [2.05, 4.69) is 16.0 Å². The molecule has 4 aromatic rings. The minimum absolute atomic E-state index is 0.212. The third-order valence-corrected chi connectivity index (χ3v) is 8.73. The van der Waals surface area contributed by atoms with E-state index in [1.165, 1.54) is 27.8 Å². The highest BCUT2D eigenvalue weighted by Crippen LogP contribution is 2.46. The monoisotopic (exact) mass is 509 g/mol. The molecule has 2 aromatic heterocycles. The maximum Gasteiger partial charge on any atom is 0.152 e. The average molecular weight is 511 g/mol. The van der Waals surface area contributed by atoms with Crippen LogP contribution < -0.4 is 0 Å². The number of thiazole rings is 2. The van der Waals surface area contributed by atoms with Crippen molar-refractivity contribution in [2.75, 3.05) is 5.08 Å². The number of thiocyanates is 1. The van der Waals surface area contributed by atoms with Crippen LogP contribution in [0.4, 0.5) is 0 Å². The predicted octanol–water partition coefficient (Wildman–Crippen LogP) is 8.47. The molecule has 0 aliphatic rings. The summed E-state index contributed by atoms with van der Waals surface area (Å²) in [5, 5.41) is 12.1. The van der Waals surface area contributed by atoms with Crippen molar-refractivity contribution < 1.29 is 0 Å². The summed E-state index contributed by atoms with van der Waals surface area (Å²) in [4.78, 5) is 8.48. The number of thioether (sulfide) groups is 2. The van der Waals surface area contributed by atoms with Gasteiger partial charge < -0.3 is 0 Å². The van der Waals surface area contributed by atoms with Gasteiger partial charge in [-0.1, -0.05) is 70.3 Å². The zero-order valence-electron chi connectivity index (χ0n) is 13.1. The molecule has 0 N–H and O–H groups in total. The summed E-state index contributed by atoms with van der Waals surface area (Å²) in [7, 11) is 0. The molecule has 0 saturated heterocycles. The topological polar surface area (TPSA) is 49.6 Å². The molecule has 0 unspecified atom stereocenters. The summed E-state index contributed by atoms with van der Waals surface area (Å²) < 4.78 is 2.74. The van der Waals surface area contributed by atoms with Crippen LogP contribution in [0.5, 0.6) is 0 Å². The Labute approximate surface area is 191 Å². The molecule has 0 aliphatic carbocycles. The Morgan fingerprint density at radius 3 is 2.52 bits per heavy atom. The van der Waals surface area contributed by atoms with Crippen molar-refractivity contribution in [3.05, 3.63) is 49.9 Å². The lowest BCUT2D eigenvalue weighted by Gasteiger charge is -2.02. The number of aromatic nitrogens is 2. The van der Waals surface area contributed by atoms with Gasteiger partial charge in [-0.15, -0.1) is 22.7 Å². The summed E-state index contributed by atoms with van der Waals surface area (Å²) in [5.74, 6) is 0. The fourth-order valence-electron chi connectivity index (χ4n) is 1.97. The highest BCUT2D eigenvalue weighted by molar-refractivity contribution is 8.18. The van der Waals surface area contributed by atoms with Gasteiger partial charge in [0, 0.05) is 0 Å². The second kappa shape index (κ2) is 9.86. The van der Waals surface area contributed by atoms with Crippen molar-refractivity contribution in [1.82, 2.24) is 9.97 Å². The molecule has 0 amide bonds. The van der Waals surface area contributed by atoms with Crippen LogP contribution in [-0.4, -0.2) is 15.1 Å². The third kappa shape index (κ3) is 4.95. The quantitative estimate of drug-likeness (QED) is 0.0690. The Bertz CT molecular complexity index is 1060. The van der Waals surface area contributed by atoms with Crippen LogP contribution in [0.25, 0.3) is 20.4 Å². The number of hydrogen-bond donors (Lipinski definition) is 0. The standard InChI is InChI=1S/C9H2Cl4N2S3.C7H5NS/c10-3-4(11)6(13)8-7(5(3)12)15-9(18-8)17-2-16-1-14;1-2-4-7-6(3-1)8-5-9-7/h2H2;1-5H. The van der Waals surface area contributed by atoms with Crippen LogP contribution in [0.2, 0.25) is 20.1 Å². The highest BCUT2D eigenvalue weighted by Gasteiger charge is 2.19. The number of hydrogen-bond acceptors (Lipinski definition) is 7. The SMILES string of the molecule is N#CSCSc1nc2c(Cl)c(Cl)c(Cl)c(Cl)c2s1.c1ccc2scnc2c1. The Balaban J connectivity index is 0.000000193. The Morgan fingerprint density at radius 2 is 1.78 bits per heavy atom. The van der Waals surface area contributed by atoms with Crippen molar-refractivity contribution in [3.63, 3.8) is 0 Å². The maximum atomic E-state index is 8.45. The fraction of sp³-hybridized carbons (Fsp3) is 0.0625. The molecular formula is C16H7Cl4N3S4. The largest absolute Gasteiger partial charge is 0.245 e. The van der Waals surface area contributed by atoms with Crippen molar-refractivity contribution in [3.8, 4) is 5.40 Å². The number of halogens is 4. The van der Waals surface area contributed by atoms with Crippen LogP contribution in [0.1, 0.15) is 0 Å². The first kappa shape index (κ1) is 21.3. The van der Waals surface area contributed by atoms with Crippen LogP contribution in [0.3, 0.4) is 0 Å². The van der Waals surface area contributed by atoms with Crippen molar-refractivity contribution in [1.29, 1.82) is 5.26 Å². The van der Waals surface area contributed by atoms with Gasteiger partial charge in [-0.3, -0.25) is 0 Å². The summed E-state index contributed by atoms with van der Waals surface area (Å²) in [6.45, 7) is 0. The van der Waals surface area contributed by atoms with Crippen molar-refractivity contribution in [2.45, 2.75) is 4.34 Å². The number of nitriles is 1. The van der Waals surface area contributed by atoms with Crippen molar-refractivity contribution in [2.24, 2.45) is 0 Å². The van der Waals surface area contributed by atoms with Crippen molar-refractivity contribution >= 4 is 113 Å². The number of para-hydroxylation sites is 1. The number of nitrogens with zero attached hydrogens (tertiary/aromatic N) is 3. The molecule has 0 atom stereocenters. The van der Waals surface area contributed by atoms with E-state index in [1.807, 2.05) is 29.1 Å². The average Bonchev–Trinajstić information content (AvgIpc) is 3.32. The van der Waals surface area contributed by atoms with Gasteiger partial charge in [-0.2, -0.15) is 5.26 Å². The molecule has 3 nitrogen and oxygen atoms in total. The van der Waals surface area contributed by atoms with Gasteiger partial charge in [0.15, 0.2) is 4.34 Å². The van der Waals surface area contributed by atoms with E-state index in [9.17, 15) is 0 Å². The van der Waals surface area contributed by atoms with E-state index in [4.69, 9.17) is 51.7 Å². The molecule has 27 heavy (non-hydrogen) atoms. The van der Waals surface area contributed by atoms with Crippen LogP contribution >= 0.6 is 92.6 Å². The molecule has 4 rings (SSSR count). The lowest BCUT2D eigenvalue weighted by Crippen LogP contribution is -1.78. The lowest BCUT2D eigenvalue weighted by atomic mass is 10.3. The second-order valence-corrected chi connectivity index (χ2v) is 10.5. The van der Waals surface area contributed by atoms with Gasteiger partial charge in [-0.05, 0) is 23.9 Å². The zero-order chi connectivity index (χ0) is 19.4. The van der Waals surface area contributed by atoms with E-state index >= 15 is 0 Å². The van der Waals surface area contributed by atoms with E-state index in [0.29, 0.717) is 25.3 Å². The Kier molecular flexibility index (Phi) is 7.77. The van der Waals surface area contributed by atoms with Crippen LogP contribution in [0.15, 0.2) is 34.1 Å². The van der Waals surface area contributed by atoms with Gasteiger partial charge in [0.25, 0.3) is 0 Å². The molecule has 0 aliphatic heterocycles. The first-order chi connectivity index (χ1) is 13.0. The van der Waals surface area contributed by atoms with E-state index in [-0.39, 0.29) is 10.0 Å².